The number of hydrogen-bond acceptors (Lipinski definition) is 15. The van der Waals surface area contributed by atoms with Crippen molar-refractivity contribution in [3.63, 3.8) is 0 Å². The molecular formula is C52H60N20O2. The van der Waals surface area contributed by atoms with Gasteiger partial charge in [-0.3, -0.25) is 24.2 Å². The Hall–Kier alpha value is -9.73. The maximum Gasteiger partial charge on any atom is 0.267 e. The number of rotatable bonds is 0. The van der Waals surface area contributed by atoms with E-state index in [0.717, 1.165) is 11.0 Å². The standard InChI is InChI=1S/C10H9N.C9H9N.2C8H8N2.C6H7N.C4H6N2O.C3H5N3O.2C2H4N4/c1-8-6-9-4-2-3-5-10(9)11-7-8;1-10-7-6-8-4-2-3-5-9(8)10;1-10-6-9-7-4-2-3-5-8(7)10;1-10-8-5-3-2-4-7(8)6-9-10;1-6-2-4-7-5-3-6;1-6-4(7)2-3-5-6;1-6-3(7)2-4-5-6;1-6-2-3-4-5-6;1-6-4-2-3-5-6/h2-7H,1H3;2-7H,1H3;2*2-6H,1H3;2-5H,1H3;3H,2H2,1H3;2H2,1H3;2*2H,1H3. The average Bonchev–Trinajstić information content (AvgIpc) is 4.33. The van der Waals surface area contributed by atoms with Gasteiger partial charge in [0.2, 0.25) is 5.91 Å². The number of hydrogen-bond donors (Lipinski definition) is 0. The molecular weight excluding hydrogens is 937 g/mol. The molecule has 0 spiro atoms. The fraction of sp³-hybridized carbons (Fsp3) is 0.212. The predicted molar refractivity (Wildman–Crippen MR) is 286 cm³/mol. The number of imidazole rings is 1. The van der Waals surface area contributed by atoms with Gasteiger partial charge in [0, 0.05) is 89.6 Å². The van der Waals surface area contributed by atoms with Crippen molar-refractivity contribution in [3.8, 4) is 0 Å². The summed E-state index contributed by atoms with van der Waals surface area (Å²) in [6, 6.07) is 40.9. The van der Waals surface area contributed by atoms with Crippen LogP contribution < -0.4 is 0 Å². The summed E-state index contributed by atoms with van der Waals surface area (Å²) in [5.74, 6) is 0.0278. The zero-order valence-corrected chi connectivity index (χ0v) is 42.9. The Morgan fingerprint density at radius 3 is 1.68 bits per heavy atom. The molecule has 0 N–H and O–H groups in total. The first-order chi connectivity index (χ1) is 35.8. The van der Waals surface area contributed by atoms with Crippen LogP contribution in [0.2, 0.25) is 0 Å². The molecule has 0 radical (unpaired) electrons. The second-order valence-corrected chi connectivity index (χ2v) is 16.0. The van der Waals surface area contributed by atoms with Gasteiger partial charge in [0.05, 0.1) is 48.1 Å². The number of aryl methyl sites for hydroxylation is 7. The molecule has 22 nitrogen and oxygen atoms in total. The summed E-state index contributed by atoms with van der Waals surface area (Å²) >= 11 is 0. The third-order valence-corrected chi connectivity index (χ3v) is 10.2. The minimum atomic E-state index is -0.0417. The SMILES string of the molecule is CN1N=CCC1=O.CN1N=NCC1=O.Cc1ccncc1.Cc1cnc2ccccc2c1.Cn1ccc2ccccc21.Cn1cnc2ccccc21.Cn1cnnn1.Cn1ncc2ccccc21.Cn1ncnn1. The molecule has 0 aliphatic carbocycles. The van der Waals surface area contributed by atoms with Crippen LogP contribution in [0.4, 0.5) is 0 Å². The van der Waals surface area contributed by atoms with Crippen molar-refractivity contribution in [3.05, 3.63) is 182 Å². The van der Waals surface area contributed by atoms with E-state index in [1.165, 1.54) is 76.0 Å². The number of hydrazone groups is 1. The van der Waals surface area contributed by atoms with Crippen LogP contribution in [-0.2, 0) is 44.8 Å². The minimum Gasteiger partial charge on any atom is -0.351 e. The number of carbonyl (C=O) groups excluding carboxylic acids is 2. The summed E-state index contributed by atoms with van der Waals surface area (Å²) in [6.07, 6.45) is 16.2. The second-order valence-electron chi connectivity index (χ2n) is 16.0. The highest BCUT2D eigenvalue weighted by Gasteiger charge is 2.11. The molecule has 0 unspecified atom stereocenters. The lowest BCUT2D eigenvalue weighted by Crippen LogP contribution is -2.16. The first kappa shape index (κ1) is 55.2. The van der Waals surface area contributed by atoms with Crippen molar-refractivity contribution in [1.82, 2.24) is 84.3 Å². The molecule has 22 heteroatoms. The van der Waals surface area contributed by atoms with E-state index in [4.69, 9.17) is 0 Å². The molecule has 380 valence electrons. The van der Waals surface area contributed by atoms with E-state index in [1.54, 1.807) is 46.8 Å². The number of likely N-dealkylation sites (N-methyl/N-ethyl adjacent to an activating group) is 1. The Labute approximate surface area is 428 Å². The van der Waals surface area contributed by atoms with E-state index >= 15 is 0 Å². The van der Waals surface area contributed by atoms with E-state index in [-0.39, 0.29) is 18.4 Å². The summed E-state index contributed by atoms with van der Waals surface area (Å²) in [5, 5.41) is 41.6. The zero-order chi connectivity index (χ0) is 53.1. The molecule has 7 aromatic heterocycles. The summed E-state index contributed by atoms with van der Waals surface area (Å²) in [7, 11) is 12.7. The van der Waals surface area contributed by atoms with Gasteiger partial charge in [-0.1, -0.05) is 72.0 Å². The van der Waals surface area contributed by atoms with Crippen molar-refractivity contribution in [2.75, 3.05) is 20.6 Å². The fourth-order valence-corrected chi connectivity index (χ4v) is 6.22. The molecule has 74 heavy (non-hydrogen) atoms. The fourth-order valence-electron chi connectivity index (χ4n) is 6.22. The normalized spacial score (nSPS) is 11.6. The van der Waals surface area contributed by atoms with Crippen LogP contribution in [0, 0.1) is 13.8 Å². The maximum absolute atomic E-state index is 10.4. The number of amides is 2. The Kier molecular flexibility index (Phi) is 22.0. The van der Waals surface area contributed by atoms with Gasteiger partial charge in [0.1, 0.15) is 12.9 Å². The Morgan fingerprint density at radius 2 is 1.20 bits per heavy atom. The van der Waals surface area contributed by atoms with Gasteiger partial charge >= 0.3 is 0 Å². The van der Waals surface area contributed by atoms with Gasteiger partial charge in [-0.2, -0.15) is 20.1 Å². The lowest BCUT2D eigenvalue weighted by atomic mass is 10.2. The molecule has 2 aliphatic rings. The zero-order valence-electron chi connectivity index (χ0n) is 42.9. The number of para-hydroxylation sites is 5. The van der Waals surface area contributed by atoms with Crippen LogP contribution in [0.3, 0.4) is 0 Å². The largest absolute Gasteiger partial charge is 0.351 e. The van der Waals surface area contributed by atoms with E-state index in [9.17, 15) is 9.59 Å². The van der Waals surface area contributed by atoms with Crippen molar-refractivity contribution < 1.29 is 9.59 Å². The van der Waals surface area contributed by atoms with Crippen LogP contribution in [0.15, 0.2) is 187 Å². The van der Waals surface area contributed by atoms with Crippen molar-refractivity contribution in [1.29, 1.82) is 0 Å². The molecule has 4 aromatic carbocycles. The van der Waals surface area contributed by atoms with E-state index in [1.807, 2.05) is 110 Å². The topological polar surface area (TPSA) is 231 Å². The Morgan fingerprint density at radius 1 is 0.541 bits per heavy atom. The molecule has 0 saturated heterocycles. The summed E-state index contributed by atoms with van der Waals surface area (Å²) < 4.78 is 7.53. The van der Waals surface area contributed by atoms with E-state index in [0.29, 0.717) is 6.42 Å². The van der Waals surface area contributed by atoms with Gasteiger partial charge in [-0.15, -0.1) is 15.3 Å². The Balaban J connectivity index is 0.000000155. The van der Waals surface area contributed by atoms with Gasteiger partial charge in [0.15, 0.2) is 6.33 Å². The monoisotopic (exact) mass is 997 g/mol. The first-order valence-electron chi connectivity index (χ1n) is 23.0. The summed E-state index contributed by atoms with van der Waals surface area (Å²) in [4.78, 5) is 34.4. The molecule has 0 bridgehead atoms. The highest BCUT2D eigenvalue weighted by Crippen LogP contribution is 2.14. The Bertz CT molecular complexity index is 3190. The second kappa shape index (κ2) is 29.5. The molecule has 2 aliphatic heterocycles. The number of pyridine rings is 2. The molecule has 9 heterocycles. The summed E-state index contributed by atoms with van der Waals surface area (Å²) in [6.45, 7) is 4.32. The van der Waals surface area contributed by atoms with Crippen molar-refractivity contribution in [2.24, 2.45) is 50.7 Å². The van der Waals surface area contributed by atoms with Crippen LogP contribution in [0.1, 0.15) is 17.5 Å². The number of carbonyl (C=O) groups is 2. The van der Waals surface area contributed by atoms with Crippen LogP contribution >= 0.6 is 0 Å². The predicted octanol–water partition coefficient (Wildman–Crippen LogP) is 7.34. The van der Waals surface area contributed by atoms with Crippen molar-refractivity contribution >= 4 is 61.8 Å². The van der Waals surface area contributed by atoms with Gasteiger partial charge in [-0.25, -0.2) is 19.7 Å². The third-order valence-electron chi connectivity index (χ3n) is 10.2. The van der Waals surface area contributed by atoms with Crippen LogP contribution in [0.5, 0.6) is 0 Å². The molecule has 0 saturated carbocycles. The van der Waals surface area contributed by atoms with Crippen molar-refractivity contribution in [2.45, 2.75) is 20.3 Å². The molecule has 11 aromatic rings. The van der Waals surface area contributed by atoms with Gasteiger partial charge in [0.25, 0.3) is 5.91 Å². The smallest absolute Gasteiger partial charge is 0.267 e. The highest BCUT2D eigenvalue weighted by molar-refractivity contribution is 5.93. The number of benzene rings is 4. The first-order valence-corrected chi connectivity index (χ1v) is 23.0. The molecule has 2 amide bonds. The number of aromatic nitrogens is 15. The number of nitrogens with zero attached hydrogens (tertiary/aromatic N) is 20. The van der Waals surface area contributed by atoms with Crippen LogP contribution in [0.25, 0.3) is 43.7 Å². The highest BCUT2D eigenvalue weighted by atomic mass is 16.2. The lowest BCUT2D eigenvalue weighted by Gasteiger charge is -1.98. The lowest BCUT2D eigenvalue weighted by molar-refractivity contribution is -0.127. The maximum atomic E-state index is 10.4. The van der Waals surface area contributed by atoms with Crippen LogP contribution in [-0.4, -0.2) is 123 Å². The third kappa shape index (κ3) is 18.5. The molecule has 13 rings (SSSR count). The van der Waals surface area contributed by atoms with E-state index < -0.39 is 0 Å². The summed E-state index contributed by atoms with van der Waals surface area (Å²) in [5.41, 5.74) is 8.26. The number of fused-ring (bicyclic) bond motifs is 4. The molecule has 0 atom stereocenters. The van der Waals surface area contributed by atoms with E-state index in [2.05, 4.69) is 152 Å². The van der Waals surface area contributed by atoms with Gasteiger partial charge in [-0.05, 0) is 101 Å². The molecule has 0 fully saturated rings. The van der Waals surface area contributed by atoms with Gasteiger partial charge < -0.3 is 9.13 Å². The minimum absolute atomic E-state index is 0.0417. The quantitative estimate of drug-likeness (QED) is 0.145. The number of tetrazole rings is 2. The average molecular weight is 997 g/mol.